The summed E-state index contributed by atoms with van der Waals surface area (Å²) < 4.78 is 2.26. The van der Waals surface area contributed by atoms with Crippen LogP contribution in [0.2, 0.25) is 0 Å². The van der Waals surface area contributed by atoms with E-state index in [1.165, 1.54) is 11.4 Å². The Balaban J connectivity index is 1.79. The summed E-state index contributed by atoms with van der Waals surface area (Å²) in [7, 11) is 4.11. The van der Waals surface area contributed by atoms with Crippen molar-refractivity contribution in [3.05, 3.63) is 78.4 Å². The Hall–Kier alpha value is -2.86. The number of nitrogens with one attached hydrogen (secondary N) is 1. The van der Waals surface area contributed by atoms with Gasteiger partial charge < -0.3 is 19.7 Å². The molecule has 0 radical (unpaired) electrons. The second kappa shape index (κ2) is 7.87. The van der Waals surface area contributed by atoms with Gasteiger partial charge in [-0.2, -0.15) is 0 Å². The molecule has 0 aliphatic carbocycles. The van der Waals surface area contributed by atoms with E-state index in [0.717, 1.165) is 16.5 Å². The molecule has 0 amide bonds. The van der Waals surface area contributed by atoms with E-state index in [2.05, 4.69) is 101 Å². The van der Waals surface area contributed by atoms with Crippen molar-refractivity contribution in [2.45, 2.75) is 32.0 Å². The van der Waals surface area contributed by atoms with Crippen molar-refractivity contribution in [1.29, 1.82) is 0 Å². The average molecular weight is 406 g/mol. The highest BCUT2D eigenvalue weighted by Crippen LogP contribution is 2.40. The Morgan fingerprint density at radius 2 is 1.79 bits per heavy atom. The molecule has 0 spiro atoms. The first-order valence-corrected chi connectivity index (χ1v) is 10.3. The van der Waals surface area contributed by atoms with Crippen LogP contribution in [0.3, 0.4) is 0 Å². The van der Waals surface area contributed by atoms with Crippen molar-refractivity contribution in [1.82, 2.24) is 19.8 Å². The van der Waals surface area contributed by atoms with Gasteiger partial charge in [-0.25, -0.2) is 0 Å². The maximum atomic E-state index is 5.72. The maximum Gasteiger partial charge on any atom is 0.170 e. The third kappa shape index (κ3) is 3.60. The number of hydrogen-bond acceptors (Lipinski definition) is 3. The van der Waals surface area contributed by atoms with Crippen molar-refractivity contribution in [2.24, 2.45) is 0 Å². The van der Waals surface area contributed by atoms with Gasteiger partial charge >= 0.3 is 0 Å². The normalized spacial score (nSPS) is 18.9. The van der Waals surface area contributed by atoms with Crippen molar-refractivity contribution in [2.75, 3.05) is 19.0 Å². The number of hydrogen-bond donors (Lipinski definition) is 1. The highest BCUT2D eigenvalue weighted by Gasteiger charge is 2.42. The minimum Gasteiger partial charge on any atom is -0.378 e. The molecule has 1 saturated heterocycles. The summed E-state index contributed by atoms with van der Waals surface area (Å²) in [6.07, 6.45) is 3.96. The number of thiocarbonyl (C=S) groups is 1. The molecule has 1 fully saturated rings. The average Bonchev–Trinajstić information content (AvgIpc) is 3.32. The molecule has 6 heteroatoms. The molecule has 2 aromatic heterocycles. The zero-order chi connectivity index (χ0) is 20.5. The highest BCUT2D eigenvalue weighted by atomic mass is 32.1. The van der Waals surface area contributed by atoms with Crippen molar-refractivity contribution < 1.29 is 0 Å². The van der Waals surface area contributed by atoms with E-state index in [4.69, 9.17) is 12.2 Å². The number of nitrogens with zero attached hydrogens (tertiary/aromatic N) is 4. The number of aromatic nitrogens is 2. The van der Waals surface area contributed by atoms with E-state index in [1.807, 2.05) is 18.3 Å². The Morgan fingerprint density at radius 3 is 2.41 bits per heavy atom. The molecular weight excluding hydrogens is 378 g/mol. The molecule has 2 atom stereocenters. The molecular formula is C23H27N5S. The van der Waals surface area contributed by atoms with Gasteiger partial charge in [-0.05, 0) is 74.6 Å². The molecule has 1 aliphatic rings. The van der Waals surface area contributed by atoms with Gasteiger partial charge in [-0.3, -0.25) is 4.98 Å². The Morgan fingerprint density at radius 1 is 1.03 bits per heavy atom. The minimum atomic E-state index is 0.000739. The van der Waals surface area contributed by atoms with Crippen LogP contribution in [-0.4, -0.2) is 39.7 Å². The van der Waals surface area contributed by atoms with Crippen LogP contribution in [0.4, 0.5) is 5.69 Å². The lowest BCUT2D eigenvalue weighted by molar-refractivity contribution is 0.262. The summed E-state index contributed by atoms with van der Waals surface area (Å²) in [5.41, 5.74) is 4.51. The second-order valence-electron chi connectivity index (χ2n) is 7.84. The number of benzene rings is 1. The SMILES string of the molecule is CC(C)N1C(=S)NC(c2ccccn2)C1c1cccn1-c1ccc(N(C)C)cc1. The second-order valence-corrected chi connectivity index (χ2v) is 8.23. The van der Waals surface area contributed by atoms with Gasteiger partial charge in [0.05, 0.1) is 17.8 Å². The fourth-order valence-corrected chi connectivity index (χ4v) is 4.47. The zero-order valence-corrected chi connectivity index (χ0v) is 18.1. The van der Waals surface area contributed by atoms with Crippen LogP contribution in [0.1, 0.15) is 37.3 Å². The smallest absolute Gasteiger partial charge is 0.170 e. The summed E-state index contributed by atoms with van der Waals surface area (Å²) in [6.45, 7) is 4.36. The topological polar surface area (TPSA) is 36.3 Å². The third-order valence-electron chi connectivity index (χ3n) is 5.42. The molecule has 5 nitrogen and oxygen atoms in total. The van der Waals surface area contributed by atoms with E-state index >= 15 is 0 Å². The molecule has 2 unspecified atom stereocenters. The summed E-state index contributed by atoms with van der Waals surface area (Å²) in [6, 6.07) is 19.3. The van der Waals surface area contributed by atoms with Gasteiger partial charge in [0.15, 0.2) is 5.11 Å². The summed E-state index contributed by atoms with van der Waals surface area (Å²) in [5.74, 6) is 0. The Bertz CT molecular complexity index is 978. The standard InChI is InChI=1S/C23H27N5S/c1-16(2)28-22(21(25-23(28)29)19-8-5-6-14-24-19)20-9-7-15-27(20)18-12-10-17(11-13-18)26(3)4/h5-16,21-22H,1-4H3,(H,25,29). The minimum absolute atomic E-state index is 0.000739. The molecule has 150 valence electrons. The fraction of sp³-hybridized carbons (Fsp3) is 0.304. The number of rotatable bonds is 5. The summed E-state index contributed by atoms with van der Waals surface area (Å²) in [4.78, 5) is 9.01. The summed E-state index contributed by atoms with van der Waals surface area (Å²) in [5, 5.41) is 4.29. The van der Waals surface area contributed by atoms with Gasteiger partial charge in [-0.1, -0.05) is 6.07 Å². The molecule has 4 rings (SSSR count). The van der Waals surface area contributed by atoms with E-state index in [1.54, 1.807) is 0 Å². The lowest BCUT2D eigenvalue weighted by Crippen LogP contribution is -2.36. The predicted octanol–water partition coefficient (Wildman–Crippen LogP) is 4.32. The van der Waals surface area contributed by atoms with Crippen LogP contribution in [0.5, 0.6) is 0 Å². The van der Waals surface area contributed by atoms with Crippen LogP contribution < -0.4 is 10.2 Å². The van der Waals surface area contributed by atoms with Gasteiger partial charge in [0.1, 0.15) is 0 Å². The molecule has 1 aromatic carbocycles. The van der Waals surface area contributed by atoms with Gasteiger partial charge in [0, 0.05) is 49.6 Å². The molecule has 1 N–H and O–H groups in total. The zero-order valence-electron chi connectivity index (χ0n) is 17.3. The van der Waals surface area contributed by atoms with Crippen LogP contribution in [0.25, 0.3) is 5.69 Å². The van der Waals surface area contributed by atoms with Gasteiger partial charge in [0.2, 0.25) is 0 Å². The summed E-state index contributed by atoms with van der Waals surface area (Å²) >= 11 is 5.72. The molecule has 0 saturated carbocycles. The van der Waals surface area contributed by atoms with Gasteiger partial charge in [-0.15, -0.1) is 0 Å². The maximum absolute atomic E-state index is 5.72. The highest BCUT2D eigenvalue weighted by molar-refractivity contribution is 7.80. The van der Waals surface area contributed by atoms with Crippen LogP contribution in [0, 0.1) is 0 Å². The predicted molar refractivity (Wildman–Crippen MR) is 123 cm³/mol. The first-order valence-electron chi connectivity index (χ1n) is 9.92. The number of pyridine rings is 1. The van der Waals surface area contributed by atoms with E-state index in [0.29, 0.717) is 0 Å². The van der Waals surface area contributed by atoms with Crippen LogP contribution in [-0.2, 0) is 0 Å². The van der Waals surface area contributed by atoms with Crippen LogP contribution in [0.15, 0.2) is 67.0 Å². The first-order chi connectivity index (χ1) is 14.0. The first kappa shape index (κ1) is 19.5. The number of anilines is 1. The molecule has 3 heterocycles. The largest absolute Gasteiger partial charge is 0.378 e. The molecule has 29 heavy (non-hydrogen) atoms. The lowest BCUT2D eigenvalue weighted by atomic mass is 10.0. The van der Waals surface area contributed by atoms with E-state index in [-0.39, 0.29) is 18.1 Å². The monoisotopic (exact) mass is 405 g/mol. The third-order valence-corrected chi connectivity index (χ3v) is 5.75. The van der Waals surface area contributed by atoms with E-state index in [9.17, 15) is 0 Å². The van der Waals surface area contributed by atoms with Crippen LogP contribution >= 0.6 is 12.2 Å². The van der Waals surface area contributed by atoms with Crippen molar-refractivity contribution in [3.63, 3.8) is 0 Å². The van der Waals surface area contributed by atoms with Crippen molar-refractivity contribution >= 4 is 23.0 Å². The Labute approximate surface area is 178 Å². The lowest BCUT2D eigenvalue weighted by Gasteiger charge is -2.31. The van der Waals surface area contributed by atoms with Gasteiger partial charge in [0.25, 0.3) is 0 Å². The molecule has 0 bridgehead atoms. The quantitative estimate of drug-likeness (QED) is 0.640. The van der Waals surface area contributed by atoms with Crippen molar-refractivity contribution in [3.8, 4) is 5.69 Å². The molecule has 1 aliphatic heterocycles. The fourth-order valence-electron chi connectivity index (χ4n) is 4.02. The molecule has 3 aromatic rings. The van der Waals surface area contributed by atoms with E-state index < -0.39 is 0 Å². The Kier molecular flexibility index (Phi) is 5.28.